The molecule has 0 aliphatic rings. The lowest BCUT2D eigenvalue weighted by Crippen LogP contribution is -2.31. The summed E-state index contributed by atoms with van der Waals surface area (Å²) in [6.07, 6.45) is 3.37. The van der Waals surface area contributed by atoms with Crippen molar-refractivity contribution in [3.63, 3.8) is 0 Å². The first kappa shape index (κ1) is 13.4. The molecule has 98 valence electrons. The summed E-state index contributed by atoms with van der Waals surface area (Å²) in [5.41, 5.74) is 1.17. The first-order chi connectivity index (χ1) is 9.20. The van der Waals surface area contributed by atoms with E-state index < -0.39 is 7.12 Å². The van der Waals surface area contributed by atoms with Gasteiger partial charge in [0.2, 0.25) is 0 Å². The van der Waals surface area contributed by atoms with E-state index in [0.717, 1.165) is 5.56 Å². The molecule has 0 atom stereocenters. The van der Waals surface area contributed by atoms with E-state index in [9.17, 15) is 10.0 Å². The highest BCUT2D eigenvalue weighted by atomic mass is 16.5. The average molecular weight is 259 g/mol. The van der Waals surface area contributed by atoms with Crippen LogP contribution in [-0.2, 0) is 6.61 Å². The summed E-state index contributed by atoms with van der Waals surface area (Å²) in [4.78, 5) is 3.98. The molecule has 2 rings (SSSR count). The average Bonchev–Trinajstić information content (AvgIpc) is 2.46. The lowest BCUT2D eigenvalue weighted by atomic mass is 9.79. The second kappa shape index (κ2) is 6.22. The third-order valence-corrected chi connectivity index (χ3v) is 2.61. The third kappa shape index (κ3) is 3.46. The monoisotopic (exact) mass is 259 g/mol. The quantitative estimate of drug-likeness (QED) is 0.758. The van der Waals surface area contributed by atoms with Crippen molar-refractivity contribution in [2.24, 2.45) is 0 Å². The molecule has 1 aromatic heterocycles. The predicted molar refractivity (Wildman–Crippen MR) is 71.4 cm³/mol. The molecular weight excluding hydrogens is 245 g/mol. The number of aromatic nitrogens is 1. The normalized spacial score (nSPS) is 10.1. The molecule has 0 saturated carbocycles. The molecular formula is C13H14BNO4. The molecule has 0 amide bonds. The van der Waals surface area contributed by atoms with Crippen LogP contribution in [0.25, 0.3) is 0 Å². The molecule has 0 bridgehead atoms. The van der Waals surface area contributed by atoms with Crippen LogP contribution in [0.1, 0.15) is 5.56 Å². The van der Waals surface area contributed by atoms with Crippen LogP contribution in [0.5, 0.6) is 11.5 Å². The number of hydrogen-bond donors (Lipinski definition) is 2. The van der Waals surface area contributed by atoms with Crippen molar-refractivity contribution < 1.29 is 19.5 Å². The Morgan fingerprint density at radius 3 is 2.74 bits per heavy atom. The topological polar surface area (TPSA) is 71.8 Å². The largest absolute Gasteiger partial charge is 0.497 e. The van der Waals surface area contributed by atoms with Gasteiger partial charge in [0.05, 0.1) is 7.11 Å². The fourth-order valence-electron chi connectivity index (χ4n) is 1.63. The second-order valence-corrected chi connectivity index (χ2v) is 3.93. The minimum Gasteiger partial charge on any atom is -0.497 e. The first-order valence-electron chi connectivity index (χ1n) is 5.76. The number of hydrogen-bond acceptors (Lipinski definition) is 5. The van der Waals surface area contributed by atoms with Gasteiger partial charge in [-0.25, -0.2) is 0 Å². The Balaban J connectivity index is 2.15. The first-order valence-corrected chi connectivity index (χ1v) is 5.76. The van der Waals surface area contributed by atoms with Crippen LogP contribution < -0.4 is 14.9 Å². The highest BCUT2D eigenvalue weighted by molar-refractivity contribution is 6.59. The molecule has 0 saturated heterocycles. The minimum absolute atomic E-state index is 0.267. The van der Waals surface area contributed by atoms with Crippen molar-refractivity contribution in [2.75, 3.05) is 7.11 Å². The molecule has 0 aliphatic carbocycles. The van der Waals surface area contributed by atoms with Crippen LogP contribution in [0.3, 0.4) is 0 Å². The van der Waals surface area contributed by atoms with E-state index in [2.05, 4.69) is 4.98 Å². The van der Waals surface area contributed by atoms with Gasteiger partial charge >= 0.3 is 7.12 Å². The van der Waals surface area contributed by atoms with E-state index in [0.29, 0.717) is 18.1 Å². The molecule has 2 N–H and O–H groups in total. The number of nitrogens with zero attached hydrogens (tertiary/aromatic N) is 1. The minimum atomic E-state index is -1.61. The molecule has 19 heavy (non-hydrogen) atoms. The molecule has 5 nitrogen and oxygen atoms in total. The van der Waals surface area contributed by atoms with E-state index in [1.54, 1.807) is 24.5 Å². The highest BCUT2D eigenvalue weighted by Crippen LogP contribution is 2.16. The van der Waals surface area contributed by atoms with Gasteiger partial charge in [-0.05, 0) is 24.3 Å². The summed E-state index contributed by atoms with van der Waals surface area (Å²) >= 11 is 0. The smallest absolute Gasteiger partial charge is 0.492 e. The number of pyridine rings is 1. The molecule has 0 unspecified atom stereocenters. The summed E-state index contributed by atoms with van der Waals surface area (Å²) in [6.45, 7) is 0.305. The molecule has 1 aromatic carbocycles. The molecule has 6 heteroatoms. The summed E-state index contributed by atoms with van der Waals surface area (Å²) in [7, 11) is -0.0991. The standard InChI is InChI=1S/C13H14BNO4/c1-18-11-4-5-13(12(7-11)14(16)17)19-9-10-3-2-6-15-8-10/h2-8,16-17H,9H2,1H3. The van der Waals surface area contributed by atoms with E-state index >= 15 is 0 Å². The number of rotatable bonds is 5. The summed E-state index contributed by atoms with van der Waals surface area (Å²) in [5.74, 6) is 0.941. The van der Waals surface area contributed by atoms with Gasteiger partial charge in [-0.3, -0.25) is 4.98 Å². The SMILES string of the molecule is COc1ccc(OCc2cccnc2)c(B(O)O)c1. The van der Waals surface area contributed by atoms with Gasteiger partial charge < -0.3 is 19.5 Å². The van der Waals surface area contributed by atoms with Crippen LogP contribution in [0.2, 0.25) is 0 Å². The van der Waals surface area contributed by atoms with Gasteiger partial charge in [0.25, 0.3) is 0 Å². The van der Waals surface area contributed by atoms with Crippen LogP contribution in [0.4, 0.5) is 0 Å². The zero-order valence-corrected chi connectivity index (χ0v) is 10.5. The van der Waals surface area contributed by atoms with Crippen molar-refractivity contribution in [3.05, 3.63) is 48.3 Å². The predicted octanol–water partition coefficient (Wildman–Crippen LogP) is 0.349. The summed E-state index contributed by atoms with van der Waals surface area (Å²) in [5, 5.41) is 18.7. The van der Waals surface area contributed by atoms with Gasteiger partial charge in [-0.15, -0.1) is 0 Å². The van der Waals surface area contributed by atoms with Gasteiger partial charge in [0.1, 0.15) is 18.1 Å². The highest BCUT2D eigenvalue weighted by Gasteiger charge is 2.18. The van der Waals surface area contributed by atoms with Gasteiger partial charge in [-0.1, -0.05) is 6.07 Å². The van der Waals surface area contributed by atoms with Crippen molar-refractivity contribution in [1.29, 1.82) is 0 Å². The van der Waals surface area contributed by atoms with E-state index in [1.165, 1.54) is 13.2 Å². The van der Waals surface area contributed by atoms with Crippen molar-refractivity contribution >= 4 is 12.6 Å². The maximum atomic E-state index is 9.33. The van der Waals surface area contributed by atoms with E-state index in [1.807, 2.05) is 12.1 Å². The molecule has 0 radical (unpaired) electrons. The fraction of sp³-hybridized carbons (Fsp3) is 0.154. The fourth-order valence-corrected chi connectivity index (χ4v) is 1.63. The molecule has 0 fully saturated rings. The molecule has 0 spiro atoms. The lowest BCUT2D eigenvalue weighted by Gasteiger charge is -2.12. The Kier molecular flexibility index (Phi) is 4.38. The van der Waals surface area contributed by atoms with Crippen LogP contribution in [0.15, 0.2) is 42.7 Å². The summed E-state index contributed by atoms with van der Waals surface area (Å²) in [6, 6.07) is 8.57. The number of methoxy groups -OCH3 is 1. The van der Waals surface area contributed by atoms with E-state index in [4.69, 9.17) is 9.47 Å². The van der Waals surface area contributed by atoms with E-state index in [-0.39, 0.29) is 5.46 Å². The van der Waals surface area contributed by atoms with Crippen molar-refractivity contribution in [2.45, 2.75) is 6.61 Å². The maximum Gasteiger partial charge on any atom is 0.492 e. The Morgan fingerprint density at radius 1 is 1.26 bits per heavy atom. The maximum absolute atomic E-state index is 9.33. The van der Waals surface area contributed by atoms with Gasteiger partial charge in [-0.2, -0.15) is 0 Å². The van der Waals surface area contributed by atoms with Crippen LogP contribution in [0, 0.1) is 0 Å². The van der Waals surface area contributed by atoms with Crippen LogP contribution >= 0.6 is 0 Å². The second-order valence-electron chi connectivity index (χ2n) is 3.93. The Morgan fingerprint density at radius 2 is 2.11 bits per heavy atom. The zero-order chi connectivity index (χ0) is 13.7. The van der Waals surface area contributed by atoms with Crippen LogP contribution in [-0.4, -0.2) is 29.3 Å². The molecule has 0 aliphatic heterocycles. The molecule has 1 heterocycles. The van der Waals surface area contributed by atoms with Crippen molar-refractivity contribution in [3.8, 4) is 11.5 Å². The Bertz CT molecular complexity index is 533. The Hall–Kier alpha value is -2.05. The van der Waals surface area contributed by atoms with Gasteiger partial charge in [0.15, 0.2) is 0 Å². The number of benzene rings is 1. The number of ether oxygens (including phenoxy) is 2. The third-order valence-electron chi connectivity index (χ3n) is 2.61. The Labute approximate surface area is 111 Å². The molecule has 2 aromatic rings. The van der Waals surface area contributed by atoms with Crippen molar-refractivity contribution in [1.82, 2.24) is 4.98 Å². The lowest BCUT2D eigenvalue weighted by molar-refractivity contribution is 0.305. The van der Waals surface area contributed by atoms with Gasteiger partial charge in [0, 0.05) is 23.4 Å². The zero-order valence-electron chi connectivity index (χ0n) is 10.5. The summed E-state index contributed by atoms with van der Waals surface area (Å²) < 4.78 is 10.6.